The molecule has 1 N–H and O–H groups in total. The third-order valence-corrected chi connectivity index (χ3v) is 4.33. The summed E-state index contributed by atoms with van der Waals surface area (Å²) >= 11 is 0. The fourth-order valence-electron chi connectivity index (χ4n) is 2.91. The van der Waals surface area contributed by atoms with E-state index in [1.54, 1.807) is 0 Å². The minimum absolute atomic E-state index is 0.0721. The molecule has 1 radical (unpaired) electrons. The lowest BCUT2D eigenvalue weighted by molar-refractivity contribution is -0.125. The minimum Gasteiger partial charge on any atom is -0.346 e. The van der Waals surface area contributed by atoms with Crippen molar-refractivity contribution in [1.29, 1.82) is 0 Å². The molecule has 2 rings (SSSR count). The molecule has 1 unspecified atom stereocenters. The molecule has 2 aromatic rings. The molecule has 0 aliphatic carbocycles. The highest BCUT2D eigenvalue weighted by Gasteiger charge is 2.22. The molecular formula is C22H26NO2. The Morgan fingerprint density at radius 1 is 0.960 bits per heavy atom. The normalized spacial score (nSPS) is 11.9. The van der Waals surface area contributed by atoms with Gasteiger partial charge in [0.2, 0.25) is 12.2 Å². The van der Waals surface area contributed by atoms with Gasteiger partial charge in [-0.25, -0.2) is 0 Å². The van der Waals surface area contributed by atoms with Crippen LogP contribution in [0.4, 0.5) is 0 Å². The lowest BCUT2D eigenvalue weighted by Gasteiger charge is -2.20. The molecule has 0 bridgehead atoms. The first-order chi connectivity index (χ1) is 12.2. The lowest BCUT2D eigenvalue weighted by atomic mass is 9.91. The number of hydrogen-bond donors (Lipinski definition) is 1. The number of carbonyl (C=O) groups excluding carboxylic acids is 2. The average Bonchev–Trinajstić information content (AvgIpc) is 2.66. The number of nitrogens with one attached hydrogen (secondary N) is 1. The topological polar surface area (TPSA) is 46.2 Å². The van der Waals surface area contributed by atoms with Gasteiger partial charge in [-0.3, -0.25) is 9.59 Å². The second-order valence-electron chi connectivity index (χ2n) is 6.40. The molecule has 0 spiro atoms. The van der Waals surface area contributed by atoms with Crippen molar-refractivity contribution in [3.05, 3.63) is 71.8 Å². The summed E-state index contributed by atoms with van der Waals surface area (Å²) in [6.45, 7) is 2.07. The van der Waals surface area contributed by atoms with Gasteiger partial charge in [-0.05, 0) is 30.4 Å². The summed E-state index contributed by atoms with van der Waals surface area (Å²) in [6.07, 6.45) is 5.82. The van der Waals surface area contributed by atoms with E-state index in [9.17, 15) is 9.59 Å². The van der Waals surface area contributed by atoms with E-state index in [0.717, 1.165) is 24.0 Å². The third-order valence-electron chi connectivity index (χ3n) is 4.33. The number of carbonyl (C=O) groups is 1. The summed E-state index contributed by atoms with van der Waals surface area (Å²) in [5.74, 6) is -0.278. The van der Waals surface area contributed by atoms with E-state index in [4.69, 9.17) is 0 Å². The molecule has 0 saturated carbocycles. The van der Waals surface area contributed by atoms with E-state index >= 15 is 0 Å². The fraction of sp³-hybridized carbons (Fsp3) is 0.364. The van der Waals surface area contributed by atoms with Crippen molar-refractivity contribution in [3.8, 4) is 0 Å². The second-order valence-corrected chi connectivity index (χ2v) is 6.40. The van der Waals surface area contributed by atoms with Gasteiger partial charge in [-0.15, -0.1) is 0 Å². The smallest absolute Gasteiger partial charge is 0.224 e. The molecule has 0 aromatic heterocycles. The first-order valence-electron chi connectivity index (χ1n) is 8.98. The van der Waals surface area contributed by atoms with Crippen molar-refractivity contribution in [3.63, 3.8) is 0 Å². The maximum atomic E-state index is 12.8. The predicted octanol–water partition coefficient (Wildman–Crippen LogP) is 3.87. The Kier molecular flexibility index (Phi) is 7.90. The standard InChI is InChI=1S/C22H26NO2/c1-2-3-14-21(17-24)23-22(25)20(15-18-10-6-4-7-11-18)16-19-12-8-5-9-13-19/h4-13,20-21H,2-3,14-16H2,1H3,(H,23,25). The summed E-state index contributed by atoms with van der Waals surface area (Å²) in [6, 6.07) is 19.5. The van der Waals surface area contributed by atoms with Gasteiger partial charge in [0.05, 0.1) is 6.04 Å². The van der Waals surface area contributed by atoms with Crippen LogP contribution in [0.5, 0.6) is 0 Å². The zero-order valence-electron chi connectivity index (χ0n) is 14.8. The highest BCUT2D eigenvalue weighted by Crippen LogP contribution is 2.16. The molecule has 0 fully saturated rings. The van der Waals surface area contributed by atoms with E-state index in [-0.39, 0.29) is 11.8 Å². The molecule has 0 heterocycles. The second kappa shape index (κ2) is 10.4. The fourth-order valence-corrected chi connectivity index (χ4v) is 2.91. The summed E-state index contributed by atoms with van der Waals surface area (Å²) in [5.41, 5.74) is 2.25. The molecule has 1 amide bonds. The van der Waals surface area contributed by atoms with Crippen LogP contribution in [0.2, 0.25) is 0 Å². The Hall–Kier alpha value is -2.42. The largest absolute Gasteiger partial charge is 0.346 e. The first kappa shape index (κ1) is 18.9. The van der Waals surface area contributed by atoms with Gasteiger partial charge in [-0.2, -0.15) is 0 Å². The number of hydrogen-bond acceptors (Lipinski definition) is 2. The Morgan fingerprint density at radius 2 is 1.48 bits per heavy atom. The van der Waals surface area contributed by atoms with Crippen molar-refractivity contribution in [2.24, 2.45) is 5.92 Å². The SMILES string of the molecule is CCCCC([C]=O)NC(=O)C(Cc1ccccc1)Cc1ccccc1. The van der Waals surface area contributed by atoms with Gasteiger partial charge in [0.15, 0.2) is 0 Å². The molecule has 3 nitrogen and oxygen atoms in total. The van der Waals surface area contributed by atoms with Crippen molar-refractivity contribution >= 4 is 12.2 Å². The van der Waals surface area contributed by atoms with Crippen molar-refractivity contribution in [2.45, 2.75) is 45.1 Å². The molecule has 0 aliphatic heterocycles. The summed E-state index contributed by atoms with van der Waals surface area (Å²) in [5, 5.41) is 2.88. The Balaban J connectivity index is 2.09. The minimum atomic E-state index is -0.513. The van der Waals surface area contributed by atoms with Crippen molar-refractivity contribution < 1.29 is 9.59 Å². The predicted molar refractivity (Wildman–Crippen MR) is 101 cm³/mol. The first-order valence-corrected chi connectivity index (χ1v) is 8.98. The highest BCUT2D eigenvalue weighted by atomic mass is 16.2. The van der Waals surface area contributed by atoms with E-state index in [1.807, 2.05) is 66.9 Å². The van der Waals surface area contributed by atoms with Crippen LogP contribution < -0.4 is 5.32 Å². The van der Waals surface area contributed by atoms with Crippen molar-refractivity contribution in [2.75, 3.05) is 0 Å². The lowest BCUT2D eigenvalue weighted by Crippen LogP contribution is -2.41. The monoisotopic (exact) mass is 336 g/mol. The molecule has 131 valence electrons. The quantitative estimate of drug-likeness (QED) is 0.716. The maximum Gasteiger partial charge on any atom is 0.224 e. The molecule has 1 atom stereocenters. The number of amides is 1. The van der Waals surface area contributed by atoms with Crippen molar-refractivity contribution in [1.82, 2.24) is 5.32 Å². The average molecular weight is 336 g/mol. The number of benzene rings is 2. The van der Waals surface area contributed by atoms with Crippen LogP contribution in [-0.4, -0.2) is 18.2 Å². The van der Waals surface area contributed by atoms with E-state index < -0.39 is 6.04 Å². The Morgan fingerprint density at radius 3 is 1.92 bits per heavy atom. The van der Waals surface area contributed by atoms with Crippen LogP contribution in [0.3, 0.4) is 0 Å². The van der Waals surface area contributed by atoms with Gasteiger partial charge in [-0.1, -0.05) is 80.4 Å². The van der Waals surface area contributed by atoms with Crippen LogP contribution in [0.25, 0.3) is 0 Å². The molecular weight excluding hydrogens is 310 g/mol. The van der Waals surface area contributed by atoms with Crippen LogP contribution in [0.15, 0.2) is 60.7 Å². The zero-order valence-corrected chi connectivity index (χ0v) is 14.8. The maximum absolute atomic E-state index is 12.8. The van der Waals surface area contributed by atoms with E-state index in [2.05, 4.69) is 12.2 Å². The van der Waals surface area contributed by atoms with Crippen LogP contribution >= 0.6 is 0 Å². The summed E-state index contributed by atoms with van der Waals surface area (Å²) < 4.78 is 0. The van der Waals surface area contributed by atoms with Gasteiger partial charge >= 0.3 is 0 Å². The van der Waals surface area contributed by atoms with Crippen LogP contribution in [0.1, 0.15) is 37.3 Å². The van der Waals surface area contributed by atoms with Crippen LogP contribution in [-0.2, 0) is 22.4 Å². The molecule has 0 aliphatic rings. The molecule has 25 heavy (non-hydrogen) atoms. The summed E-state index contributed by atoms with van der Waals surface area (Å²) in [7, 11) is 0. The number of rotatable bonds is 10. The zero-order chi connectivity index (χ0) is 17.9. The van der Waals surface area contributed by atoms with E-state index in [1.165, 1.54) is 0 Å². The van der Waals surface area contributed by atoms with Gasteiger partial charge in [0.1, 0.15) is 0 Å². The molecule has 2 aromatic carbocycles. The Bertz CT molecular complexity index is 598. The Labute approximate surface area is 150 Å². The van der Waals surface area contributed by atoms with E-state index in [0.29, 0.717) is 19.3 Å². The third kappa shape index (κ3) is 6.54. The van der Waals surface area contributed by atoms with Crippen LogP contribution in [0, 0.1) is 5.92 Å². The molecule has 3 heteroatoms. The summed E-state index contributed by atoms with van der Waals surface area (Å²) in [4.78, 5) is 23.9. The van der Waals surface area contributed by atoms with Gasteiger partial charge in [0, 0.05) is 5.92 Å². The van der Waals surface area contributed by atoms with Gasteiger partial charge < -0.3 is 5.32 Å². The number of unbranched alkanes of at least 4 members (excludes halogenated alkanes) is 1. The molecule has 0 saturated heterocycles. The highest BCUT2D eigenvalue weighted by molar-refractivity contribution is 5.82. The van der Waals surface area contributed by atoms with Gasteiger partial charge in [0.25, 0.3) is 0 Å².